The quantitative estimate of drug-likeness (QED) is 0.381. The molecule has 4 N–H and O–H groups in total. The number of rotatable bonds is 0. The number of aromatic hydroxyl groups is 4. The maximum absolute atomic E-state index is 12.7. The SMILES string of the molecule is O=C1c2cc(O)cc(O)c2C(=O)c2c1cc1cc(O)cc(O)c1c2[O-]. The second-order valence-electron chi connectivity index (χ2n) is 5.74. The highest BCUT2D eigenvalue weighted by atomic mass is 16.3. The lowest BCUT2D eigenvalue weighted by molar-refractivity contribution is -0.266. The van der Waals surface area contributed by atoms with Gasteiger partial charge in [-0.15, -0.1) is 0 Å². The first-order valence-electron chi connectivity index (χ1n) is 7.14. The summed E-state index contributed by atoms with van der Waals surface area (Å²) in [5.74, 6) is -4.33. The van der Waals surface area contributed by atoms with E-state index >= 15 is 0 Å². The lowest BCUT2D eigenvalue weighted by atomic mass is 9.81. The van der Waals surface area contributed by atoms with Gasteiger partial charge in [0.2, 0.25) is 0 Å². The van der Waals surface area contributed by atoms with E-state index in [9.17, 15) is 35.1 Å². The minimum Gasteiger partial charge on any atom is -0.871 e. The summed E-state index contributed by atoms with van der Waals surface area (Å²) in [5, 5.41) is 51.6. The van der Waals surface area contributed by atoms with Gasteiger partial charge in [0, 0.05) is 34.2 Å². The monoisotopic (exact) mass is 337 g/mol. The number of carbonyl (C=O) groups excluding carboxylic acids is 2. The zero-order valence-corrected chi connectivity index (χ0v) is 12.4. The molecule has 0 saturated carbocycles. The number of ketones is 2. The first-order valence-corrected chi connectivity index (χ1v) is 7.14. The van der Waals surface area contributed by atoms with Crippen LogP contribution in [0.3, 0.4) is 0 Å². The molecule has 0 bridgehead atoms. The van der Waals surface area contributed by atoms with E-state index in [-0.39, 0.29) is 33.2 Å². The van der Waals surface area contributed by atoms with Crippen molar-refractivity contribution in [2.75, 3.05) is 0 Å². The first-order chi connectivity index (χ1) is 11.8. The highest BCUT2D eigenvalue weighted by Crippen LogP contribution is 2.43. The molecule has 0 unspecified atom stereocenters. The Hall–Kier alpha value is -3.74. The zero-order chi connectivity index (χ0) is 18.0. The molecule has 7 heteroatoms. The van der Waals surface area contributed by atoms with Crippen LogP contribution in [0.15, 0.2) is 30.3 Å². The summed E-state index contributed by atoms with van der Waals surface area (Å²) in [6, 6.07) is 5.29. The van der Waals surface area contributed by atoms with Crippen LogP contribution in [0, 0.1) is 0 Å². The van der Waals surface area contributed by atoms with Crippen LogP contribution < -0.4 is 5.11 Å². The number of fused-ring (bicyclic) bond motifs is 3. The van der Waals surface area contributed by atoms with Gasteiger partial charge < -0.3 is 25.5 Å². The van der Waals surface area contributed by atoms with Crippen LogP contribution in [0.2, 0.25) is 0 Å². The van der Waals surface area contributed by atoms with Gasteiger partial charge in [-0.25, -0.2) is 0 Å². The van der Waals surface area contributed by atoms with E-state index in [0.717, 1.165) is 18.2 Å². The highest BCUT2D eigenvalue weighted by Gasteiger charge is 2.34. The molecule has 3 aromatic carbocycles. The van der Waals surface area contributed by atoms with Crippen molar-refractivity contribution >= 4 is 22.3 Å². The Morgan fingerprint density at radius 3 is 2.00 bits per heavy atom. The number of phenolic OH excluding ortho intramolecular Hbond substituents is 4. The maximum Gasteiger partial charge on any atom is 0.197 e. The van der Waals surface area contributed by atoms with E-state index in [1.54, 1.807) is 0 Å². The summed E-state index contributed by atoms with van der Waals surface area (Å²) in [7, 11) is 0. The summed E-state index contributed by atoms with van der Waals surface area (Å²) >= 11 is 0. The first kappa shape index (κ1) is 14.8. The Morgan fingerprint density at radius 1 is 0.680 bits per heavy atom. The van der Waals surface area contributed by atoms with Crippen molar-refractivity contribution in [3.63, 3.8) is 0 Å². The van der Waals surface area contributed by atoms with Crippen LogP contribution in [-0.2, 0) is 0 Å². The molecule has 0 heterocycles. The van der Waals surface area contributed by atoms with Crippen LogP contribution >= 0.6 is 0 Å². The largest absolute Gasteiger partial charge is 0.871 e. The predicted molar refractivity (Wildman–Crippen MR) is 83.4 cm³/mol. The predicted octanol–water partition coefficient (Wildman–Crippen LogP) is 1.51. The molecule has 0 atom stereocenters. The summed E-state index contributed by atoms with van der Waals surface area (Å²) in [4.78, 5) is 25.4. The molecular formula is C18H9O7-. The third-order valence-electron chi connectivity index (χ3n) is 4.20. The van der Waals surface area contributed by atoms with E-state index in [1.165, 1.54) is 12.1 Å². The van der Waals surface area contributed by atoms with E-state index in [0.29, 0.717) is 0 Å². The van der Waals surface area contributed by atoms with Gasteiger partial charge in [-0.2, -0.15) is 0 Å². The average Bonchev–Trinajstić information content (AvgIpc) is 2.50. The van der Waals surface area contributed by atoms with Crippen LogP contribution in [0.1, 0.15) is 31.8 Å². The second kappa shape index (κ2) is 4.64. The third-order valence-corrected chi connectivity index (χ3v) is 4.20. The standard InChI is InChI=1S/C18H10O7/c19-7-1-6-2-9-15(17(24)13(6)11(21)4-7)18(25)14-10(16(9)23)3-8(20)5-12(14)22/h1-5,19-22,24H/p-1. The molecule has 124 valence electrons. The molecule has 7 nitrogen and oxygen atoms in total. The van der Waals surface area contributed by atoms with E-state index < -0.39 is 40.1 Å². The summed E-state index contributed by atoms with van der Waals surface area (Å²) in [6.45, 7) is 0. The fraction of sp³-hybridized carbons (Fsp3) is 0. The zero-order valence-electron chi connectivity index (χ0n) is 12.4. The van der Waals surface area contributed by atoms with Crippen molar-refractivity contribution in [2.45, 2.75) is 0 Å². The summed E-state index contributed by atoms with van der Waals surface area (Å²) in [5.41, 5.74) is -1.28. The maximum atomic E-state index is 12.7. The molecule has 0 saturated heterocycles. The molecular weight excluding hydrogens is 328 g/mol. The van der Waals surface area contributed by atoms with E-state index in [4.69, 9.17) is 0 Å². The minimum atomic E-state index is -0.874. The van der Waals surface area contributed by atoms with Gasteiger partial charge in [-0.3, -0.25) is 9.59 Å². The van der Waals surface area contributed by atoms with Crippen molar-refractivity contribution < 1.29 is 35.1 Å². The Labute approximate surface area is 139 Å². The Kier molecular flexibility index (Phi) is 2.75. The van der Waals surface area contributed by atoms with Gasteiger partial charge in [-0.05, 0) is 23.6 Å². The van der Waals surface area contributed by atoms with Gasteiger partial charge in [0.1, 0.15) is 23.0 Å². The number of phenols is 4. The van der Waals surface area contributed by atoms with Gasteiger partial charge >= 0.3 is 0 Å². The fourth-order valence-electron chi connectivity index (χ4n) is 3.17. The molecule has 3 aromatic rings. The van der Waals surface area contributed by atoms with Gasteiger partial charge in [0.25, 0.3) is 0 Å². The molecule has 0 aliphatic heterocycles. The number of carbonyl (C=O) groups is 2. The molecule has 0 radical (unpaired) electrons. The van der Waals surface area contributed by atoms with Gasteiger partial charge in [0.15, 0.2) is 11.6 Å². The fourth-order valence-corrected chi connectivity index (χ4v) is 3.17. The summed E-state index contributed by atoms with van der Waals surface area (Å²) < 4.78 is 0. The molecule has 0 aromatic heterocycles. The normalized spacial score (nSPS) is 13.0. The van der Waals surface area contributed by atoms with E-state index in [2.05, 4.69) is 0 Å². The Balaban J connectivity index is 2.14. The molecule has 0 amide bonds. The second-order valence-corrected chi connectivity index (χ2v) is 5.74. The molecule has 25 heavy (non-hydrogen) atoms. The molecule has 4 rings (SSSR count). The van der Waals surface area contributed by atoms with Gasteiger partial charge in [-0.1, -0.05) is 5.75 Å². The third kappa shape index (κ3) is 1.86. The molecule has 1 aliphatic carbocycles. The lowest BCUT2D eigenvalue weighted by Gasteiger charge is -2.25. The number of benzene rings is 3. The molecule has 0 spiro atoms. The van der Waals surface area contributed by atoms with Crippen molar-refractivity contribution in [3.05, 3.63) is 52.6 Å². The van der Waals surface area contributed by atoms with Crippen molar-refractivity contribution in [1.29, 1.82) is 0 Å². The minimum absolute atomic E-state index is 0.0928. The topological polar surface area (TPSA) is 138 Å². The van der Waals surface area contributed by atoms with Crippen molar-refractivity contribution in [1.82, 2.24) is 0 Å². The van der Waals surface area contributed by atoms with Crippen LogP contribution in [0.5, 0.6) is 28.7 Å². The molecule has 1 aliphatic rings. The lowest BCUT2D eigenvalue weighted by Crippen LogP contribution is -2.23. The highest BCUT2D eigenvalue weighted by molar-refractivity contribution is 6.32. The summed E-state index contributed by atoms with van der Waals surface area (Å²) in [6.07, 6.45) is 0. The van der Waals surface area contributed by atoms with Crippen molar-refractivity contribution in [3.8, 4) is 28.7 Å². The Bertz CT molecular complexity index is 1130. The smallest absolute Gasteiger partial charge is 0.197 e. The Morgan fingerprint density at radius 2 is 1.28 bits per heavy atom. The van der Waals surface area contributed by atoms with Crippen LogP contribution in [0.25, 0.3) is 10.8 Å². The van der Waals surface area contributed by atoms with Crippen LogP contribution in [0.4, 0.5) is 0 Å². The molecule has 0 fully saturated rings. The van der Waals surface area contributed by atoms with Crippen LogP contribution in [-0.4, -0.2) is 32.0 Å². The number of hydrogen-bond acceptors (Lipinski definition) is 7. The average molecular weight is 337 g/mol. The number of hydrogen-bond donors (Lipinski definition) is 4. The van der Waals surface area contributed by atoms with E-state index in [1.807, 2.05) is 0 Å². The van der Waals surface area contributed by atoms with Crippen molar-refractivity contribution in [2.24, 2.45) is 0 Å². The van der Waals surface area contributed by atoms with Gasteiger partial charge in [0.05, 0.1) is 5.56 Å².